The Kier molecular flexibility index (Phi) is 1.81. The average molecular weight is 280 g/mol. The lowest BCUT2D eigenvalue weighted by atomic mass is 9.70. The summed E-state index contributed by atoms with van der Waals surface area (Å²) < 4.78 is 6.18. The number of carbonyl (C=O) groups is 2. The first-order valence-electron chi connectivity index (χ1n) is 7.54. The highest BCUT2D eigenvalue weighted by Crippen LogP contribution is 2.77. The van der Waals surface area contributed by atoms with Crippen LogP contribution in [0, 0.1) is 11.8 Å². The summed E-state index contributed by atoms with van der Waals surface area (Å²) in [6, 6.07) is 8.24. The molecular weight excluding hydrogens is 264 g/mol. The molecular formula is C18H16O3. The normalized spacial score (nSPS) is 44.1. The van der Waals surface area contributed by atoms with Gasteiger partial charge in [-0.05, 0) is 37.1 Å². The van der Waals surface area contributed by atoms with Crippen LogP contribution >= 0.6 is 0 Å². The molecule has 3 heteroatoms. The Morgan fingerprint density at radius 3 is 1.71 bits per heavy atom. The van der Waals surface area contributed by atoms with Crippen molar-refractivity contribution in [2.24, 2.45) is 11.8 Å². The first-order valence-corrected chi connectivity index (χ1v) is 7.54. The average Bonchev–Trinajstić information content (AvgIpc) is 2.78. The number of carbonyl (C=O) groups excluding carboxylic acids is 2. The maximum atomic E-state index is 12.5. The highest BCUT2D eigenvalue weighted by molar-refractivity contribution is 6.09. The second-order valence-corrected chi connectivity index (χ2v) is 7.18. The van der Waals surface area contributed by atoms with E-state index in [1.807, 2.05) is 12.1 Å². The number of rotatable bonds is 0. The number of fused-ring (bicyclic) bond motifs is 6. The van der Waals surface area contributed by atoms with E-state index in [1.165, 1.54) is 23.3 Å². The number of hydrogen-bond acceptors (Lipinski definition) is 3. The number of hydrogen-bond donors (Lipinski definition) is 0. The Bertz CT molecular complexity index is 692. The van der Waals surface area contributed by atoms with Crippen LogP contribution in [-0.4, -0.2) is 22.8 Å². The van der Waals surface area contributed by atoms with E-state index in [2.05, 4.69) is 26.0 Å². The number of ketones is 2. The van der Waals surface area contributed by atoms with E-state index >= 15 is 0 Å². The number of benzene rings is 1. The summed E-state index contributed by atoms with van der Waals surface area (Å²) in [6.45, 7) is 4.16. The summed E-state index contributed by atoms with van der Waals surface area (Å²) in [4.78, 5) is 24.9. The molecule has 3 aliphatic carbocycles. The van der Waals surface area contributed by atoms with Crippen molar-refractivity contribution in [2.45, 2.75) is 36.9 Å². The molecule has 21 heavy (non-hydrogen) atoms. The van der Waals surface area contributed by atoms with Crippen LogP contribution in [0.2, 0.25) is 0 Å². The summed E-state index contributed by atoms with van der Waals surface area (Å²) in [5.74, 6) is -0.229. The van der Waals surface area contributed by atoms with E-state index in [1.54, 1.807) is 0 Å². The zero-order valence-electron chi connectivity index (χ0n) is 12.0. The molecule has 0 aromatic heterocycles. The Morgan fingerprint density at radius 1 is 0.905 bits per heavy atom. The fraction of sp³-hybridized carbons (Fsp3) is 0.444. The smallest absolute Gasteiger partial charge is 0.160 e. The summed E-state index contributed by atoms with van der Waals surface area (Å²) in [6.07, 6.45) is 2.94. The van der Waals surface area contributed by atoms with Gasteiger partial charge in [-0.25, -0.2) is 0 Å². The van der Waals surface area contributed by atoms with Crippen molar-refractivity contribution >= 4 is 11.6 Å². The minimum atomic E-state index is -0.358. The molecule has 1 saturated heterocycles. The summed E-state index contributed by atoms with van der Waals surface area (Å²) >= 11 is 0. The standard InChI is InChI=1S/C18H16O3/c1-17(2)18(21-17)15-9-5-3-4-6-10(9)16(18)14-12(20)8-7-11(19)13(14)15/h3-8,13-16H,1-2H3. The number of allylic oxidation sites excluding steroid dienone is 2. The molecule has 0 N–H and O–H groups in total. The lowest BCUT2D eigenvalue weighted by Crippen LogP contribution is -2.35. The zero-order valence-corrected chi connectivity index (χ0v) is 12.0. The summed E-state index contributed by atoms with van der Waals surface area (Å²) in [5, 5.41) is 0. The second-order valence-electron chi connectivity index (χ2n) is 7.18. The minimum Gasteiger partial charge on any atom is -0.362 e. The first kappa shape index (κ1) is 11.9. The van der Waals surface area contributed by atoms with Gasteiger partial charge in [0.05, 0.1) is 5.60 Å². The Morgan fingerprint density at radius 2 is 1.33 bits per heavy atom. The van der Waals surface area contributed by atoms with Gasteiger partial charge in [0.1, 0.15) is 5.60 Å². The van der Waals surface area contributed by atoms with Gasteiger partial charge in [0, 0.05) is 23.7 Å². The predicted molar refractivity (Wildman–Crippen MR) is 76.0 cm³/mol. The van der Waals surface area contributed by atoms with Gasteiger partial charge in [-0.1, -0.05) is 24.3 Å². The molecule has 1 aliphatic heterocycles. The molecule has 3 nitrogen and oxygen atoms in total. The lowest BCUT2D eigenvalue weighted by Gasteiger charge is -2.30. The number of epoxide rings is 1. The van der Waals surface area contributed by atoms with Crippen molar-refractivity contribution in [3.63, 3.8) is 0 Å². The van der Waals surface area contributed by atoms with Crippen LogP contribution in [0.1, 0.15) is 36.8 Å². The van der Waals surface area contributed by atoms with Crippen molar-refractivity contribution in [1.29, 1.82) is 0 Å². The topological polar surface area (TPSA) is 46.7 Å². The molecule has 1 aromatic carbocycles. The number of ether oxygens (including phenoxy) is 1. The van der Waals surface area contributed by atoms with Gasteiger partial charge in [-0.15, -0.1) is 0 Å². The van der Waals surface area contributed by atoms with Gasteiger partial charge in [-0.3, -0.25) is 9.59 Å². The third-order valence-corrected chi connectivity index (χ3v) is 6.09. The second kappa shape index (κ2) is 3.20. The first-order chi connectivity index (χ1) is 9.99. The van der Waals surface area contributed by atoms with E-state index in [9.17, 15) is 9.59 Å². The Balaban J connectivity index is 1.80. The molecule has 2 fully saturated rings. The van der Waals surface area contributed by atoms with E-state index in [4.69, 9.17) is 4.74 Å². The van der Waals surface area contributed by atoms with Gasteiger partial charge < -0.3 is 4.74 Å². The largest absolute Gasteiger partial charge is 0.362 e. The maximum absolute atomic E-state index is 12.5. The summed E-state index contributed by atoms with van der Waals surface area (Å²) in [5.41, 5.74) is 1.80. The van der Waals surface area contributed by atoms with Crippen LogP contribution in [0.25, 0.3) is 0 Å². The molecule has 5 rings (SSSR count). The quantitative estimate of drug-likeness (QED) is 0.685. The van der Waals surface area contributed by atoms with Gasteiger partial charge in [0.2, 0.25) is 0 Å². The van der Waals surface area contributed by atoms with Crippen LogP contribution in [0.4, 0.5) is 0 Å². The monoisotopic (exact) mass is 280 g/mol. The molecule has 1 saturated carbocycles. The molecule has 4 unspecified atom stereocenters. The van der Waals surface area contributed by atoms with Gasteiger partial charge in [-0.2, -0.15) is 0 Å². The third kappa shape index (κ3) is 1.07. The third-order valence-electron chi connectivity index (χ3n) is 6.09. The van der Waals surface area contributed by atoms with Crippen molar-refractivity contribution in [1.82, 2.24) is 0 Å². The van der Waals surface area contributed by atoms with Crippen LogP contribution in [0.15, 0.2) is 36.4 Å². The van der Waals surface area contributed by atoms with E-state index in [0.29, 0.717) is 0 Å². The van der Waals surface area contributed by atoms with Gasteiger partial charge in [0.15, 0.2) is 11.6 Å². The Labute approximate surface area is 123 Å². The minimum absolute atomic E-state index is 0.0279. The van der Waals surface area contributed by atoms with Crippen molar-refractivity contribution < 1.29 is 14.3 Å². The molecule has 106 valence electrons. The molecule has 1 aromatic rings. The SMILES string of the molecule is CC1(C)OC12C1c3ccccc3C2C2C(=O)C=CC(=O)C21. The van der Waals surface area contributed by atoms with Crippen LogP contribution in [0.5, 0.6) is 0 Å². The van der Waals surface area contributed by atoms with E-state index in [-0.39, 0.29) is 46.4 Å². The molecule has 0 radical (unpaired) electrons. The highest BCUT2D eigenvalue weighted by Gasteiger charge is 2.83. The maximum Gasteiger partial charge on any atom is 0.160 e. The van der Waals surface area contributed by atoms with Crippen molar-refractivity contribution in [3.8, 4) is 0 Å². The fourth-order valence-corrected chi connectivity index (χ4v) is 5.41. The highest BCUT2D eigenvalue weighted by atomic mass is 16.6. The zero-order chi connectivity index (χ0) is 14.6. The van der Waals surface area contributed by atoms with Gasteiger partial charge >= 0.3 is 0 Å². The fourth-order valence-electron chi connectivity index (χ4n) is 5.41. The van der Waals surface area contributed by atoms with E-state index in [0.717, 1.165) is 0 Å². The molecule has 2 bridgehead atoms. The molecule has 1 spiro atoms. The van der Waals surface area contributed by atoms with Crippen molar-refractivity contribution in [3.05, 3.63) is 47.5 Å². The summed E-state index contributed by atoms with van der Waals surface area (Å²) in [7, 11) is 0. The Hall–Kier alpha value is -1.74. The van der Waals surface area contributed by atoms with Gasteiger partial charge in [0.25, 0.3) is 0 Å². The lowest BCUT2D eigenvalue weighted by molar-refractivity contribution is -0.128. The van der Waals surface area contributed by atoms with Crippen LogP contribution < -0.4 is 0 Å². The van der Waals surface area contributed by atoms with Crippen LogP contribution in [0.3, 0.4) is 0 Å². The van der Waals surface area contributed by atoms with Crippen molar-refractivity contribution in [2.75, 3.05) is 0 Å². The molecule has 0 amide bonds. The van der Waals surface area contributed by atoms with Crippen LogP contribution in [-0.2, 0) is 14.3 Å². The van der Waals surface area contributed by atoms with E-state index < -0.39 is 0 Å². The predicted octanol–water partition coefficient (Wildman–Crippen LogP) is 2.37. The molecule has 1 heterocycles. The molecule has 4 aliphatic rings. The molecule has 4 atom stereocenters.